The van der Waals surface area contributed by atoms with Gasteiger partial charge < -0.3 is 9.64 Å². The molecule has 1 aromatic heterocycles. The van der Waals surface area contributed by atoms with Crippen molar-refractivity contribution in [2.45, 2.75) is 37.9 Å². The Kier molecular flexibility index (Phi) is 4.06. The number of benzene rings is 1. The Morgan fingerprint density at radius 2 is 2.08 bits per heavy atom. The van der Waals surface area contributed by atoms with Gasteiger partial charge in [0.05, 0.1) is 12.2 Å². The van der Waals surface area contributed by atoms with Gasteiger partial charge in [-0.2, -0.15) is 0 Å². The van der Waals surface area contributed by atoms with E-state index >= 15 is 0 Å². The largest absolute Gasteiger partial charge is 0.489 e. The Morgan fingerprint density at radius 3 is 2.85 bits per heavy atom. The van der Waals surface area contributed by atoms with Gasteiger partial charge >= 0.3 is 0 Å². The highest BCUT2D eigenvalue weighted by Crippen LogP contribution is 2.41. The molecule has 7 heteroatoms. The third kappa shape index (κ3) is 2.70. The molecule has 4 rings (SSSR count). The molecule has 0 saturated carbocycles. The number of aromatic nitrogens is 2. The highest BCUT2D eigenvalue weighted by atomic mass is 32.2. The van der Waals surface area contributed by atoms with Gasteiger partial charge in [-0.05, 0) is 11.5 Å². The van der Waals surface area contributed by atoms with Crippen molar-refractivity contribution >= 4 is 23.4 Å². The smallest absolute Gasteiger partial charge is 0.267 e. The standard InChI is InChI=1S/C19H21N3O3S/c1-19(2,3)13-5-4-6-14-15(13)25-9-7-21(14)16(23)12-11-20-18-22(17(12)24)8-10-26-18/h4-6,11H,7-10H2,1-3H3. The molecule has 2 aliphatic heterocycles. The molecule has 0 atom stereocenters. The monoisotopic (exact) mass is 371 g/mol. The van der Waals surface area contributed by atoms with Crippen LogP contribution in [0, 0.1) is 0 Å². The zero-order chi connectivity index (χ0) is 18.5. The van der Waals surface area contributed by atoms with Crippen molar-refractivity contribution in [2.24, 2.45) is 0 Å². The normalized spacial score (nSPS) is 16.0. The second-order valence-corrected chi connectivity index (χ2v) is 8.53. The topological polar surface area (TPSA) is 64.4 Å². The number of amides is 1. The van der Waals surface area contributed by atoms with Crippen LogP contribution >= 0.6 is 11.8 Å². The molecule has 0 aliphatic carbocycles. The van der Waals surface area contributed by atoms with Crippen LogP contribution in [0.4, 0.5) is 5.69 Å². The predicted octanol–water partition coefficient (Wildman–Crippen LogP) is 2.69. The molecule has 0 bridgehead atoms. The van der Waals surface area contributed by atoms with Gasteiger partial charge in [-0.25, -0.2) is 4.98 Å². The molecule has 0 saturated heterocycles. The average molecular weight is 371 g/mol. The predicted molar refractivity (Wildman–Crippen MR) is 102 cm³/mol. The van der Waals surface area contributed by atoms with E-state index in [9.17, 15) is 9.59 Å². The Labute approximate surface area is 156 Å². The molecule has 136 valence electrons. The van der Waals surface area contributed by atoms with E-state index in [0.29, 0.717) is 30.5 Å². The number of ether oxygens (including phenoxy) is 1. The van der Waals surface area contributed by atoms with E-state index in [4.69, 9.17) is 4.74 Å². The fourth-order valence-electron chi connectivity index (χ4n) is 3.36. The van der Waals surface area contributed by atoms with Gasteiger partial charge in [0.25, 0.3) is 11.5 Å². The molecule has 0 radical (unpaired) electrons. The van der Waals surface area contributed by atoms with Crippen LogP contribution in [0.1, 0.15) is 36.7 Å². The molecular weight excluding hydrogens is 350 g/mol. The van der Waals surface area contributed by atoms with Crippen molar-refractivity contribution in [2.75, 3.05) is 23.8 Å². The zero-order valence-corrected chi connectivity index (χ0v) is 15.9. The van der Waals surface area contributed by atoms with E-state index in [1.54, 1.807) is 9.47 Å². The summed E-state index contributed by atoms with van der Waals surface area (Å²) in [6.45, 7) is 7.75. The second-order valence-electron chi connectivity index (χ2n) is 7.47. The summed E-state index contributed by atoms with van der Waals surface area (Å²) in [5.41, 5.74) is 1.51. The van der Waals surface area contributed by atoms with E-state index in [2.05, 4.69) is 25.8 Å². The number of hydrogen-bond donors (Lipinski definition) is 0. The number of hydrogen-bond acceptors (Lipinski definition) is 5. The SMILES string of the molecule is CC(C)(C)c1cccc2c1OCCN2C(=O)c1cnc2n(c1=O)CCS2. The summed E-state index contributed by atoms with van der Waals surface area (Å²) in [5, 5.41) is 0.684. The van der Waals surface area contributed by atoms with E-state index in [1.165, 1.54) is 18.0 Å². The highest BCUT2D eigenvalue weighted by molar-refractivity contribution is 7.99. The zero-order valence-electron chi connectivity index (χ0n) is 15.1. The summed E-state index contributed by atoms with van der Waals surface area (Å²) in [6, 6.07) is 5.82. The minimum atomic E-state index is -0.315. The first-order valence-corrected chi connectivity index (χ1v) is 9.67. The maximum Gasteiger partial charge on any atom is 0.267 e. The average Bonchev–Trinajstić information content (AvgIpc) is 3.09. The second kappa shape index (κ2) is 6.16. The Bertz CT molecular complexity index is 946. The van der Waals surface area contributed by atoms with Crippen molar-refractivity contribution in [3.05, 3.63) is 45.9 Å². The van der Waals surface area contributed by atoms with E-state index in [1.807, 2.05) is 18.2 Å². The summed E-state index contributed by atoms with van der Waals surface area (Å²) in [6.07, 6.45) is 1.41. The molecule has 0 fully saturated rings. The first-order valence-electron chi connectivity index (χ1n) is 8.69. The molecular formula is C19H21N3O3S. The Morgan fingerprint density at radius 1 is 1.27 bits per heavy atom. The molecule has 2 aliphatic rings. The van der Waals surface area contributed by atoms with Crippen LogP contribution in [0.2, 0.25) is 0 Å². The van der Waals surface area contributed by atoms with Gasteiger partial charge in [-0.15, -0.1) is 0 Å². The number of nitrogens with zero attached hydrogens (tertiary/aromatic N) is 3. The number of rotatable bonds is 1. The number of carbonyl (C=O) groups excluding carboxylic acids is 1. The minimum absolute atomic E-state index is 0.108. The van der Waals surface area contributed by atoms with Crippen LogP contribution in [0.15, 0.2) is 34.3 Å². The van der Waals surface area contributed by atoms with Crippen molar-refractivity contribution < 1.29 is 9.53 Å². The molecule has 26 heavy (non-hydrogen) atoms. The summed E-state index contributed by atoms with van der Waals surface area (Å²) < 4.78 is 7.49. The summed E-state index contributed by atoms with van der Waals surface area (Å²) in [4.78, 5) is 31.8. The van der Waals surface area contributed by atoms with Gasteiger partial charge in [0.2, 0.25) is 0 Å². The molecule has 6 nitrogen and oxygen atoms in total. The molecule has 0 N–H and O–H groups in total. The first-order chi connectivity index (χ1) is 12.4. The van der Waals surface area contributed by atoms with Crippen molar-refractivity contribution in [3.63, 3.8) is 0 Å². The van der Waals surface area contributed by atoms with Crippen molar-refractivity contribution in [3.8, 4) is 5.75 Å². The van der Waals surface area contributed by atoms with E-state index in [-0.39, 0.29) is 22.4 Å². The third-order valence-electron chi connectivity index (χ3n) is 4.69. The number of anilines is 1. The van der Waals surface area contributed by atoms with Crippen LogP contribution in [0.3, 0.4) is 0 Å². The first kappa shape index (κ1) is 17.1. The maximum atomic E-state index is 13.2. The minimum Gasteiger partial charge on any atom is -0.489 e. The lowest BCUT2D eigenvalue weighted by Gasteiger charge is -2.33. The van der Waals surface area contributed by atoms with Crippen LogP contribution in [0.25, 0.3) is 0 Å². The quantitative estimate of drug-likeness (QED) is 0.721. The molecule has 1 aromatic carbocycles. The lowest BCUT2D eigenvalue weighted by atomic mass is 9.85. The number of thioether (sulfide) groups is 1. The Hall–Kier alpha value is -2.28. The molecule has 0 unspecified atom stereocenters. The van der Waals surface area contributed by atoms with E-state index in [0.717, 1.165) is 17.1 Å². The van der Waals surface area contributed by atoms with Crippen LogP contribution in [0.5, 0.6) is 5.75 Å². The molecule has 0 spiro atoms. The van der Waals surface area contributed by atoms with Crippen LogP contribution in [-0.4, -0.2) is 34.4 Å². The van der Waals surface area contributed by atoms with Gasteiger partial charge in [-0.3, -0.25) is 14.2 Å². The number of para-hydroxylation sites is 1. The third-order valence-corrected chi connectivity index (χ3v) is 5.66. The fourth-order valence-corrected chi connectivity index (χ4v) is 4.27. The van der Waals surface area contributed by atoms with Gasteiger partial charge in [0.1, 0.15) is 17.9 Å². The number of fused-ring (bicyclic) bond motifs is 2. The summed E-state index contributed by atoms with van der Waals surface area (Å²) in [5.74, 6) is 1.23. The lowest BCUT2D eigenvalue weighted by molar-refractivity contribution is 0.0973. The van der Waals surface area contributed by atoms with Gasteiger partial charge in [-0.1, -0.05) is 44.7 Å². The van der Waals surface area contributed by atoms with Gasteiger partial charge in [0, 0.05) is 24.1 Å². The lowest BCUT2D eigenvalue weighted by Crippen LogP contribution is -2.42. The maximum absolute atomic E-state index is 13.2. The van der Waals surface area contributed by atoms with Crippen molar-refractivity contribution in [1.82, 2.24) is 9.55 Å². The molecule has 2 aromatic rings. The van der Waals surface area contributed by atoms with E-state index < -0.39 is 0 Å². The highest BCUT2D eigenvalue weighted by Gasteiger charge is 2.31. The fraction of sp³-hybridized carbons (Fsp3) is 0.421. The van der Waals surface area contributed by atoms with Crippen LogP contribution < -0.4 is 15.2 Å². The summed E-state index contributed by atoms with van der Waals surface area (Å²) >= 11 is 1.54. The van der Waals surface area contributed by atoms with Gasteiger partial charge in [0.15, 0.2) is 5.16 Å². The summed E-state index contributed by atoms with van der Waals surface area (Å²) in [7, 11) is 0. The molecule has 3 heterocycles. The molecule has 1 amide bonds. The number of carbonyl (C=O) groups is 1. The Balaban J connectivity index is 1.78. The van der Waals surface area contributed by atoms with Crippen molar-refractivity contribution in [1.29, 1.82) is 0 Å². The van der Waals surface area contributed by atoms with Crippen LogP contribution in [-0.2, 0) is 12.0 Å².